The van der Waals surface area contributed by atoms with Crippen LogP contribution in [0.5, 0.6) is 0 Å². The summed E-state index contributed by atoms with van der Waals surface area (Å²) >= 11 is 12.5. The van der Waals surface area contributed by atoms with Crippen LogP contribution in [-0.4, -0.2) is 71.7 Å². The summed E-state index contributed by atoms with van der Waals surface area (Å²) < 4.78 is 22.8. The molecule has 190 valence electrons. The molecule has 0 bridgehead atoms. The van der Waals surface area contributed by atoms with Crippen molar-refractivity contribution in [1.82, 2.24) is 4.90 Å². The molecule has 35 heavy (non-hydrogen) atoms. The molecule has 0 saturated carbocycles. The second-order valence-corrected chi connectivity index (χ2v) is 10.8. The Morgan fingerprint density at radius 3 is 2.51 bits per heavy atom. The minimum absolute atomic E-state index is 0.0633. The average molecular weight is 541 g/mol. The van der Waals surface area contributed by atoms with Gasteiger partial charge in [0.2, 0.25) is 0 Å². The third-order valence-electron chi connectivity index (χ3n) is 6.07. The van der Waals surface area contributed by atoms with E-state index in [2.05, 4.69) is 11.8 Å². The summed E-state index contributed by atoms with van der Waals surface area (Å²) in [5.74, 6) is -1.09. The molecule has 2 aromatic carbocycles. The molecule has 3 unspecified atom stereocenters. The van der Waals surface area contributed by atoms with E-state index in [4.69, 9.17) is 32.7 Å². The highest BCUT2D eigenvalue weighted by atomic mass is 35.5. The van der Waals surface area contributed by atoms with Crippen LogP contribution >= 0.6 is 23.2 Å². The summed E-state index contributed by atoms with van der Waals surface area (Å²) in [4.78, 5) is 29.7. The predicted molar refractivity (Wildman–Crippen MR) is 139 cm³/mol. The molecular weight excluding hydrogens is 511 g/mol. The molecule has 1 aliphatic heterocycles. The molecule has 0 aliphatic carbocycles. The van der Waals surface area contributed by atoms with Crippen molar-refractivity contribution in [3.05, 3.63) is 58.1 Å². The lowest BCUT2D eigenvalue weighted by molar-refractivity contribution is -0.147. The van der Waals surface area contributed by atoms with Gasteiger partial charge in [-0.05, 0) is 57.2 Å². The van der Waals surface area contributed by atoms with E-state index in [9.17, 15) is 13.8 Å². The molecule has 1 saturated heterocycles. The number of carbonyl (C=O) groups is 2. The maximum absolute atomic E-state index is 13.3. The molecule has 3 rings (SSSR count). The number of halogens is 2. The fraction of sp³-hybridized carbons (Fsp3) is 0.440. The number of nitrogens with zero attached hydrogens (tertiary/aromatic N) is 2. The fourth-order valence-corrected chi connectivity index (χ4v) is 5.70. The Balaban J connectivity index is 1.67. The summed E-state index contributed by atoms with van der Waals surface area (Å²) in [7, 11) is -0.196. The van der Waals surface area contributed by atoms with Crippen LogP contribution in [-0.2, 0) is 25.1 Å². The maximum atomic E-state index is 13.3. The standard InChI is InChI=1S/C25H30Cl2N2O5S/c1-16(14-33-4)34-24(30)15-35(32)23-9-8-19(12-22(23)27)25(31)29-11-10-28(17(2)18(29)3)21-7-5-6-20(26)13-21/h5-9,12-13,16-18H,10-11,14-15H2,1-4H3/t16?,17?,18-,35?/m0/s1. The summed E-state index contributed by atoms with van der Waals surface area (Å²) in [6, 6.07) is 12.3. The minimum Gasteiger partial charge on any atom is -0.460 e. The van der Waals surface area contributed by atoms with E-state index in [1.807, 2.05) is 36.1 Å². The third-order valence-corrected chi connectivity index (χ3v) is 8.08. The van der Waals surface area contributed by atoms with E-state index in [-0.39, 0.29) is 40.3 Å². The molecule has 1 amide bonds. The molecule has 2 aromatic rings. The number of piperazine rings is 1. The van der Waals surface area contributed by atoms with Crippen molar-refractivity contribution >= 4 is 51.6 Å². The van der Waals surface area contributed by atoms with Gasteiger partial charge in [0.1, 0.15) is 11.9 Å². The molecular formula is C25H30Cl2N2O5S. The largest absolute Gasteiger partial charge is 0.460 e. The highest BCUT2D eigenvalue weighted by Gasteiger charge is 2.34. The van der Waals surface area contributed by atoms with Gasteiger partial charge in [-0.1, -0.05) is 29.3 Å². The lowest BCUT2D eigenvalue weighted by Gasteiger charge is -2.46. The smallest absolute Gasteiger partial charge is 0.319 e. The van der Waals surface area contributed by atoms with Gasteiger partial charge in [0.05, 0.1) is 27.3 Å². The number of anilines is 1. The van der Waals surface area contributed by atoms with Gasteiger partial charge in [0.25, 0.3) is 5.91 Å². The van der Waals surface area contributed by atoms with Crippen LogP contribution in [0.4, 0.5) is 5.69 Å². The Kier molecular flexibility index (Phi) is 9.58. The number of hydrogen-bond acceptors (Lipinski definition) is 6. The Bertz CT molecular complexity index is 1100. The zero-order valence-corrected chi connectivity index (χ0v) is 22.5. The predicted octanol–water partition coefficient (Wildman–Crippen LogP) is 4.42. The van der Waals surface area contributed by atoms with Gasteiger partial charge in [-0.25, -0.2) is 0 Å². The molecule has 0 spiro atoms. The first-order chi connectivity index (χ1) is 16.6. The lowest BCUT2D eigenvalue weighted by Crippen LogP contribution is -2.59. The van der Waals surface area contributed by atoms with Crippen LogP contribution in [0, 0.1) is 0 Å². The van der Waals surface area contributed by atoms with E-state index >= 15 is 0 Å². The molecule has 0 N–H and O–H groups in total. The first-order valence-corrected chi connectivity index (χ1v) is 13.4. The SMILES string of the molecule is COCC(C)OC(=O)CS(=O)c1ccc(C(=O)N2CCN(c3cccc(Cl)c3)C(C)[C@@H]2C)cc1Cl. The zero-order chi connectivity index (χ0) is 25.7. The van der Waals surface area contributed by atoms with Gasteiger partial charge in [0.15, 0.2) is 0 Å². The number of rotatable bonds is 8. The van der Waals surface area contributed by atoms with Crippen molar-refractivity contribution in [2.24, 2.45) is 0 Å². The number of methoxy groups -OCH3 is 1. The normalized spacial score (nSPS) is 19.8. The fourth-order valence-electron chi connectivity index (χ4n) is 4.15. The van der Waals surface area contributed by atoms with Crippen LogP contribution < -0.4 is 4.90 Å². The van der Waals surface area contributed by atoms with E-state index in [1.165, 1.54) is 19.2 Å². The van der Waals surface area contributed by atoms with Gasteiger partial charge in [0, 0.05) is 48.6 Å². The van der Waals surface area contributed by atoms with Crippen molar-refractivity contribution in [3.8, 4) is 0 Å². The summed E-state index contributed by atoms with van der Waals surface area (Å²) in [5, 5.41) is 0.843. The molecule has 1 fully saturated rings. The van der Waals surface area contributed by atoms with Crippen LogP contribution in [0.2, 0.25) is 10.0 Å². The molecule has 10 heteroatoms. The van der Waals surface area contributed by atoms with Gasteiger partial charge >= 0.3 is 5.97 Å². The number of hydrogen-bond donors (Lipinski definition) is 0. The van der Waals surface area contributed by atoms with E-state index in [1.54, 1.807) is 13.0 Å². The Morgan fingerprint density at radius 1 is 1.11 bits per heavy atom. The second kappa shape index (κ2) is 12.2. The van der Waals surface area contributed by atoms with E-state index in [0.717, 1.165) is 5.69 Å². The zero-order valence-electron chi connectivity index (χ0n) is 20.2. The van der Waals surface area contributed by atoms with Gasteiger partial charge in [-0.3, -0.25) is 13.8 Å². The van der Waals surface area contributed by atoms with Gasteiger partial charge in [-0.15, -0.1) is 0 Å². The number of amides is 1. The Morgan fingerprint density at radius 2 is 1.86 bits per heavy atom. The van der Waals surface area contributed by atoms with Gasteiger partial charge < -0.3 is 19.3 Å². The molecule has 1 aliphatic rings. The summed E-state index contributed by atoms with van der Waals surface area (Å²) in [6.45, 7) is 7.23. The molecule has 7 nitrogen and oxygen atoms in total. The molecule has 0 radical (unpaired) electrons. The number of ether oxygens (including phenoxy) is 2. The second-order valence-electron chi connectivity index (χ2n) is 8.54. The van der Waals surface area contributed by atoms with Crippen LogP contribution in [0.15, 0.2) is 47.4 Å². The average Bonchev–Trinajstić information content (AvgIpc) is 2.80. The number of esters is 1. The lowest BCUT2D eigenvalue weighted by atomic mass is 10.0. The number of carbonyl (C=O) groups excluding carboxylic acids is 2. The topological polar surface area (TPSA) is 76.1 Å². The van der Waals surface area contributed by atoms with Crippen LogP contribution in [0.25, 0.3) is 0 Å². The Hall–Kier alpha value is -2.13. The highest BCUT2D eigenvalue weighted by Crippen LogP contribution is 2.28. The van der Waals surface area contributed by atoms with Crippen molar-refractivity contribution in [1.29, 1.82) is 0 Å². The van der Waals surface area contributed by atoms with Gasteiger partial charge in [-0.2, -0.15) is 0 Å². The minimum atomic E-state index is -1.70. The van der Waals surface area contributed by atoms with Crippen LogP contribution in [0.1, 0.15) is 31.1 Å². The number of benzene rings is 2. The summed E-state index contributed by atoms with van der Waals surface area (Å²) in [5.41, 5.74) is 1.43. The molecule has 0 aromatic heterocycles. The van der Waals surface area contributed by atoms with Crippen LogP contribution in [0.3, 0.4) is 0 Å². The first kappa shape index (κ1) is 27.5. The van der Waals surface area contributed by atoms with E-state index in [0.29, 0.717) is 23.7 Å². The van der Waals surface area contributed by atoms with Crippen molar-refractivity contribution in [2.75, 3.05) is 37.5 Å². The first-order valence-electron chi connectivity index (χ1n) is 11.3. The van der Waals surface area contributed by atoms with E-state index < -0.39 is 22.9 Å². The van der Waals surface area contributed by atoms with Crippen molar-refractivity contribution in [2.45, 2.75) is 43.9 Å². The quantitative estimate of drug-likeness (QED) is 0.461. The monoisotopic (exact) mass is 540 g/mol. The molecule has 4 atom stereocenters. The third kappa shape index (κ3) is 6.76. The van der Waals surface area contributed by atoms with Crippen molar-refractivity contribution < 1.29 is 23.3 Å². The maximum Gasteiger partial charge on any atom is 0.319 e. The molecule has 1 heterocycles. The summed E-state index contributed by atoms with van der Waals surface area (Å²) in [6.07, 6.45) is -0.441. The Labute approximate surface area is 218 Å². The highest BCUT2D eigenvalue weighted by molar-refractivity contribution is 7.85. The van der Waals surface area contributed by atoms with Crippen molar-refractivity contribution in [3.63, 3.8) is 0 Å².